The van der Waals surface area contributed by atoms with Crippen molar-refractivity contribution in [2.24, 2.45) is 0 Å². The number of rotatable bonds is 1. The molecule has 0 saturated carbocycles. The third-order valence-electron chi connectivity index (χ3n) is 4.23. The van der Waals surface area contributed by atoms with E-state index in [1.807, 2.05) is 4.90 Å². The molecule has 2 heterocycles. The molecule has 0 bridgehead atoms. The summed E-state index contributed by atoms with van der Waals surface area (Å²) in [5.41, 5.74) is -0.541. The molecule has 1 aromatic rings. The number of halogens is 3. The molecular formula is C15H16F3N3O. The van der Waals surface area contributed by atoms with Gasteiger partial charge in [-0.25, -0.2) is 0 Å². The van der Waals surface area contributed by atoms with Crippen LogP contribution in [-0.4, -0.2) is 50.3 Å². The van der Waals surface area contributed by atoms with E-state index in [0.717, 1.165) is 32.3 Å². The van der Waals surface area contributed by atoms with E-state index >= 15 is 0 Å². The average molecular weight is 311 g/mol. The minimum atomic E-state index is -4.50. The summed E-state index contributed by atoms with van der Waals surface area (Å²) >= 11 is 0. The van der Waals surface area contributed by atoms with Gasteiger partial charge in [0.1, 0.15) is 0 Å². The van der Waals surface area contributed by atoms with E-state index in [0.29, 0.717) is 18.8 Å². The van der Waals surface area contributed by atoms with Crippen molar-refractivity contribution in [2.45, 2.75) is 12.2 Å². The Hall–Kier alpha value is -1.78. The minimum absolute atomic E-state index is 0.260. The Morgan fingerprint density at radius 2 is 2.05 bits per heavy atom. The lowest BCUT2D eigenvalue weighted by Crippen LogP contribution is -2.58. The molecule has 0 amide bonds. The minimum Gasteiger partial charge on any atom is -0.378 e. The van der Waals surface area contributed by atoms with Crippen LogP contribution in [0.25, 0.3) is 0 Å². The van der Waals surface area contributed by atoms with Crippen LogP contribution >= 0.6 is 0 Å². The molecule has 3 rings (SSSR count). The van der Waals surface area contributed by atoms with Crippen LogP contribution in [0.1, 0.15) is 11.1 Å². The van der Waals surface area contributed by atoms with Gasteiger partial charge in [-0.1, -0.05) is 0 Å². The van der Waals surface area contributed by atoms with Crippen molar-refractivity contribution < 1.29 is 17.9 Å². The summed E-state index contributed by atoms with van der Waals surface area (Å²) < 4.78 is 44.0. The van der Waals surface area contributed by atoms with E-state index in [9.17, 15) is 13.2 Å². The van der Waals surface area contributed by atoms with Gasteiger partial charge in [0, 0.05) is 31.9 Å². The molecule has 0 spiro atoms. The van der Waals surface area contributed by atoms with E-state index in [1.165, 1.54) is 12.1 Å². The summed E-state index contributed by atoms with van der Waals surface area (Å²) in [5.74, 6) is 0. The van der Waals surface area contributed by atoms with E-state index in [1.54, 1.807) is 6.07 Å². The first-order chi connectivity index (χ1) is 10.5. The second kappa shape index (κ2) is 5.78. The Morgan fingerprint density at radius 3 is 2.77 bits per heavy atom. The van der Waals surface area contributed by atoms with Gasteiger partial charge in [-0.15, -0.1) is 0 Å². The molecule has 2 aliphatic rings. The number of benzene rings is 1. The predicted octanol–water partition coefficient (Wildman–Crippen LogP) is 2.10. The van der Waals surface area contributed by atoms with Gasteiger partial charge in [-0.05, 0) is 18.2 Å². The monoisotopic (exact) mass is 311 g/mol. The fraction of sp³-hybridized carbons (Fsp3) is 0.533. The number of fused-ring (bicyclic) bond motifs is 1. The number of hydrogen-bond acceptors (Lipinski definition) is 4. The van der Waals surface area contributed by atoms with E-state index in [2.05, 4.69) is 4.90 Å². The summed E-state index contributed by atoms with van der Waals surface area (Å²) in [7, 11) is 0. The Balaban J connectivity index is 1.82. The number of anilines is 1. The topological polar surface area (TPSA) is 39.5 Å². The van der Waals surface area contributed by atoms with Crippen molar-refractivity contribution in [3.63, 3.8) is 0 Å². The molecule has 1 atom stereocenters. The maximum atomic E-state index is 12.8. The molecule has 1 unspecified atom stereocenters. The van der Waals surface area contributed by atoms with Crippen LogP contribution in [0, 0.1) is 11.3 Å². The second-order valence-electron chi connectivity index (χ2n) is 5.55. The number of alkyl halides is 3. The van der Waals surface area contributed by atoms with Gasteiger partial charge in [0.2, 0.25) is 0 Å². The molecule has 0 radical (unpaired) electrons. The van der Waals surface area contributed by atoms with Crippen LogP contribution in [0.15, 0.2) is 18.2 Å². The van der Waals surface area contributed by atoms with Crippen LogP contribution in [-0.2, 0) is 10.9 Å². The van der Waals surface area contributed by atoms with Gasteiger partial charge >= 0.3 is 6.18 Å². The first-order valence-electron chi connectivity index (χ1n) is 7.17. The maximum absolute atomic E-state index is 12.8. The van der Waals surface area contributed by atoms with Crippen molar-refractivity contribution in [1.82, 2.24) is 4.90 Å². The molecule has 2 aliphatic heterocycles. The number of hydrogen-bond donors (Lipinski definition) is 0. The van der Waals surface area contributed by atoms with Crippen LogP contribution in [0.2, 0.25) is 0 Å². The fourth-order valence-corrected chi connectivity index (χ4v) is 3.05. The van der Waals surface area contributed by atoms with Crippen molar-refractivity contribution in [3.05, 3.63) is 29.3 Å². The molecule has 0 aromatic heterocycles. The highest BCUT2D eigenvalue weighted by molar-refractivity contribution is 5.55. The van der Waals surface area contributed by atoms with E-state index in [4.69, 9.17) is 10.00 Å². The summed E-state index contributed by atoms with van der Waals surface area (Å²) in [5, 5.41) is 9.00. The normalized spacial score (nSPS) is 23.0. The average Bonchev–Trinajstić information content (AvgIpc) is 2.53. The molecule has 0 N–H and O–H groups in total. The molecular weight excluding hydrogens is 295 g/mol. The summed E-state index contributed by atoms with van der Waals surface area (Å²) in [6.45, 7) is 4.58. The number of nitriles is 1. The maximum Gasteiger partial charge on any atom is 0.417 e. The Labute approximate surface area is 126 Å². The standard InChI is InChI=1S/C15H16F3N3O/c16-15(17,18)14-2-1-12(7-11(14)8-19)21-4-3-20-5-6-22-10-13(20)9-21/h1-2,7,13H,3-6,9-10H2. The highest BCUT2D eigenvalue weighted by Gasteiger charge is 2.34. The number of morpholine rings is 1. The van der Waals surface area contributed by atoms with E-state index in [-0.39, 0.29) is 11.6 Å². The lowest BCUT2D eigenvalue weighted by atomic mass is 10.0. The molecule has 118 valence electrons. The van der Waals surface area contributed by atoms with Crippen molar-refractivity contribution in [3.8, 4) is 6.07 Å². The quantitative estimate of drug-likeness (QED) is 0.796. The van der Waals surface area contributed by atoms with E-state index < -0.39 is 11.7 Å². The summed E-state index contributed by atoms with van der Waals surface area (Å²) in [4.78, 5) is 4.37. The van der Waals surface area contributed by atoms with Crippen LogP contribution in [0.3, 0.4) is 0 Å². The van der Waals surface area contributed by atoms with Gasteiger partial charge in [0.15, 0.2) is 0 Å². The number of piperazine rings is 1. The summed E-state index contributed by atoms with van der Waals surface area (Å²) in [6.07, 6.45) is -4.50. The van der Waals surface area contributed by atoms with Gasteiger partial charge < -0.3 is 9.64 Å². The third kappa shape index (κ3) is 2.89. The summed E-state index contributed by atoms with van der Waals surface area (Å²) in [6, 6.07) is 5.70. The Kier molecular flexibility index (Phi) is 3.98. The lowest BCUT2D eigenvalue weighted by molar-refractivity contribution is -0.137. The fourth-order valence-electron chi connectivity index (χ4n) is 3.05. The number of ether oxygens (including phenoxy) is 1. The van der Waals surface area contributed by atoms with Crippen molar-refractivity contribution in [1.29, 1.82) is 5.26 Å². The van der Waals surface area contributed by atoms with Gasteiger partial charge in [-0.3, -0.25) is 4.90 Å². The van der Waals surface area contributed by atoms with Gasteiger partial charge in [-0.2, -0.15) is 18.4 Å². The largest absolute Gasteiger partial charge is 0.417 e. The van der Waals surface area contributed by atoms with Gasteiger partial charge in [0.25, 0.3) is 0 Å². The van der Waals surface area contributed by atoms with Crippen molar-refractivity contribution in [2.75, 3.05) is 44.3 Å². The zero-order valence-corrected chi connectivity index (χ0v) is 11.9. The Bertz CT molecular complexity index is 597. The van der Waals surface area contributed by atoms with Crippen LogP contribution in [0.5, 0.6) is 0 Å². The second-order valence-corrected chi connectivity index (χ2v) is 5.55. The highest BCUT2D eigenvalue weighted by atomic mass is 19.4. The molecule has 1 aromatic carbocycles. The SMILES string of the molecule is N#Cc1cc(N2CCN3CCOCC3C2)ccc1C(F)(F)F. The molecule has 0 aliphatic carbocycles. The smallest absolute Gasteiger partial charge is 0.378 e. The third-order valence-corrected chi connectivity index (χ3v) is 4.23. The van der Waals surface area contributed by atoms with Crippen LogP contribution in [0.4, 0.5) is 18.9 Å². The van der Waals surface area contributed by atoms with Crippen LogP contribution < -0.4 is 4.90 Å². The Morgan fingerprint density at radius 1 is 1.23 bits per heavy atom. The molecule has 4 nitrogen and oxygen atoms in total. The predicted molar refractivity (Wildman–Crippen MR) is 74.6 cm³/mol. The zero-order chi connectivity index (χ0) is 15.7. The van der Waals surface area contributed by atoms with Crippen molar-refractivity contribution >= 4 is 5.69 Å². The zero-order valence-electron chi connectivity index (χ0n) is 11.9. The van der Waals surface area contributed by atoms with Gasteiger partial charge in [0.05, 0.1) is 36.5 Å². The molecule has 2 fully saturated rings. The molecule has 7 heteroatoms. The first kappa shape index (κ1) is 15.1. The highest BCUT2D eigenvalue weighted by Crippen LogP contribution is 2.34. The number of nitrogens with zero attached hydrogens (tertiary/aromatic N) is 3. The molecule has 22 heavy (non-hydrogen) atoms. The molecule has 2 saturated heterocycles. The first-order valence-corrected chi connectivity index (χ1v) is 7.17. The lowest BCUT2D eigenvalue weighted by Gasteiger charge is -2.44.